The van der Waals surface area contributed by atoms with Gasteiger partial charge in [0.1, 0.15) is 6.61 Å². The first kappa shape index (κ1) is 24.5. The second-order valence-electron chi connectivity index (χ2n) is 8.96. The highest BCUT2D eigenvalue weighted by Gasteiger charge is 2.47. The van der Waals surface area contributed by atoms with Crippen molar-refractivity contribution < 1.29 is 22.7 Å². The first-order valence-electron chi connectivity index (χ1n) is 11.3. The molecule has 9 heteroatoms. The fourth-order valence-corrected chi connectivity index (χ4v) is 4.42. The second-order valence-corrected chi connectivity index (χ2v) is 8.96. The Morgan fingerprint density at radius 1 is 1.26 bits per heavy atom. The first-order valence-corrected chi connectivity index (χ1v) is 11.3. The van der Waals surface area contributed by atoms with Crippen molar-refractivity contribution in [2.24, 2.45) is 22.6 Å². The molecule has 1 aromatic heterocycles. The molecule has 3 atom stereocenters. The van der Waals surface area contributed by atoms with Gasteiger partial charge in [0.25, 0.3) is 5.91 Å². The van der Waals surface area contributed by atoms with Crippen LogP contribution in [0.1, 0.15) is 39.9 Å². The minimum atomic E-state index is -4.46. The van der Waals surface area contributed by atoms with E-state index >= 15 is 0 Å². The summed E-state index contributed by atoms with van der Waals surface area (Å²) in [6.45, 7) is 6.67. The summed E-state index contributed by atoms with van der Waals surface area (Å²) < 4.78 is 44.1. The number of carbonyl (C=O) groups is 1. The lowest BCUT2D eigenvalue weighted by Gasteiger charge is -2.35. The van der Waals surface area contributed by atoms with Crippen LogP contribution < -0.4 is 10.5 Å². The smallest absolute Gasteiger partial charge is 0.417 e. The number of benzene rings is 1. The van der Waals surface area contributed by atoms with E-state index in [4.69, 9.17) is 10.5 Å². The summed E-state index contributed by atoms with van der Waals surface area (Å²) in [5.41, 5.74) is 7.01. The number of rotatable bonds is 7. The number of likely N-dealkylation sites (tertiary alicyclic amines) is 1. The molecule has 35 heavy (non-hydrogen) atoms. The number of aliphatic imine (C=N–C) groups is 1. The maximum atomic E-state index is 13.8. The molecule has 184 valence electrons. The summed E-state index contributed by atoms with van der Waals surface area (Å²) in [5.74, 6) is 0.945. The molecule has 1 aliphatic carbocycles. The van der Waals surface area contributed by atoms with Gasteiger partial charge >= 0.3 is 6.18 Å². The van der Waals surface area contributed by atoms with Crippen LogP contribution >= 0.6 is 0 Å². The zero-order chi connectivity index (χ0) is 25.2. The molecule has 2 aromatic rings. The maximum absolute atomic E-state index is 13.8. The summed E-state index contributed by atoms with van der Waals surface area (Å²) in [5, 5.41) is 0. The number of nitrogens with two attached hydrogens (primary N) is 1. The van der Waals surface area contributed by atoms with Crippen LogP contribution in [0.4, 0.5) is 13.2 Å². The van der Waals surface area contributed by atoms with E-state index in [1.165, 1.54) is 18.5 Å². The Bertz CT molecular complexity index is 1160. The van der Waals surface area contributed by atoms with Gasteiger partial charge in [-0.15, -0.1) is 0 Å². The third-order valence-corrected chi connectivity index (χ3v) is 6.41. The summed E-state index contributed by atoms with van der Waals surface area (Å²) in [7, 11) is 0. The monoisotopic (exact) mass is 484 g/mol. The molecule has 0 radical (unpaired) electrons. The van der Waals surface area contributed by atoms with E-state index in [0.717, 1.165) is 30.7 Å². The zero-order valence-corrected chi connectivity index (χ0v) is 19.3. The third kappa shape index (κ3) is 5.72. The fourth-order valence-electron chi connectivity index (χ4n) is 4.42. The van der Waals surface area contributed by atoms with Gasteiger partial charge in [-0.05, 0) is 56.0 Å². The van der Waals surface area contributed by atoms with Gasteiger partial charge in [0.2, 0.25) is 5.88 Å². The molecule has 0 unspecified atom stereocenters. The van der Waals surface area contributed by atoms with Gasteiger partial charge in [-0.25, -0.2) is 4.98 Å². The number of carbonyl (C=O) groups excluding carboxylic acids is 1. The van der Waals surface area contributed by atoms with Crippen LogP contribution in [0.15, 0.2) is 60.4 Å². The minimum absolute atomic E-state index is 0.0928. The van der Waals surface area contributed by atoms with E-state index in [9.17, 15) is 18.0 Å². The van der Waals surface area contributed by atoms with Crippen LogP contribution in [0, 0.1) is 18.8 Å². The summed E-state index contributed by atoms with van der Waals surface area (Å²) in [6, 6.07) is 7.47. The van der Waals surface area contributed by atoms with E-state index in [1.807, 2.05) is 30.0 Å². The number of alkyl halides is 3. The molecule has 1 aliphatic heterocycles. The molecule has 1 amide bonds. The number of hydrogen-bond acceptors (Lipinski definition) is 5. The number of piperidine rings is 1. The van der Waals surface area contributed by atoms with Gasteiger partial charge in [0.15, 0.2) is 0 Å². The molecule has 2 N–H and O–H groups in total. The molecular weight excluding hydrogens is 457 g/mol. The predicted molar refractivity (Wildman–Crippen MR) is 128 cm³/mol. The Morgan fingerprint density at radius 2 is 2.06 bits per heavy atom. The van der Waals surface area contributed by atoms with Crippen molar-refractivity contribution in [1.82, 2.24) is 9.88 Å². The predicted octanol–water partition coefficient (Wildman–Crippen LogP) is 4.85. The van der Waals surface area contributed by atoms with Crippen molar-refractivity contribution >= 4 is 17.8 Å². The van der Waals surface area contributed by atoms with Gasteiger partial charge in [-0.1, -0.05) is 24.3 Å². The normalized spacial score (nSPS) is 21.8. The minimum Gasteiger partial charge on any atom is -0.475 e. The number of allylic oxidation sites excluding steroid dienone is 1. The number of fused-ring (bicyclic) bond motifs is 1. The van der Waals surface area contributed by atoms with Crippen molar-refractivity contribution in [2.45, 2.75) is 32.0 Å². The van der Waals surface area contributed by atoms with Crippen LogP contribution in [0.5, 0.6) is 5.88 Å². The maximum Gasteiger partial charge on any atom is 0.417 e. The van der Waals surface area contributed by atoms with Crippen molar-refractivity contribution in [2.75, 3.05) is 13.2 Å². The molecule has 2 heterocycles. The van der Waals surface area contributed by atoms with Crippen molar-refractivity contribution in [3.8, 4) is 5.88 Å². The molecule has 1 aromatic carbocycles. The number of hydrogen-bond donors (Lipinski definition) is 1. The first-order chi connectivity index (χ1) is 16.7. The van der Waals surface area contributed by atoms with E-state index < -0.39 is 11.7 Å². The van der Waals surface area contributed by atoms with Gasteiger partial charge < -0.3 is 15.4 Å². The Labute approximate surface area is 202 Å². The number of ether oxygens (including phenoxy) is 1. The molecule has 2 aliphatic rings. The van der Waals surface area contributed by atoms with E-state index in [0.29, 0.717) is 35.2 Å². The van der Waals surface area contributed by atoms with E-state index in [2.05, 4.69) is 16.6 Å². The Morgan fingerprint density at radius 3 is 2.74 bits per heavy atom. The lowest BCUT2D eigenvalue weighted by Crippen LogP contribution is -2.48. The number of aromatic nitrogens is 1. The molecule has 0 bridgehead atoms. The van der Waals surface area contributed by atoms with Crippen LogP contribution in [0.25, 0.3) is 5.70 Å². The fraction of sp³-hybridized carbons (Fsp3) is 0.346. The summed E-state index contributed by atoms with van der Waals surface area (Å²) in [6.07, 6.45) is 2.57. The third-order valence-electron chi connectivity index (χ3n) is 6.41. The molecule has 0 spiro atoms. The van der Waals surface area contributed by atoms with Gasteiger partial charge in [0.05, 0.1) is 17.3 Å². The van der Waals surface area contributed by atoms with Crippen LogP contribution in [0.2, 0.25) is 0 Å². The molecule has 1 saturated carbocycles. The van der Waals surface area contributed by atoms with Crippen LogP contribution in [-0.2, 0) is 6.18 Å². The highest BCUT2D eigenvalue weighted by molar-refractivity contribution is 6.00. The lowest BCUT2D eigenvalue weighted by atomic mass is 9.97. The molecule has 4 rings (SSSR count). The molecule has 1 saturated heterocycles. The van der Waals surface area contributed by atoms with Crippen LogP contribution in [0.3, 0.4) is 0 Å². The van der Waals surface area contributed by atoms with Crippen molar-refractivity contribution in [1.29, 1.82) is 0 Å². The summed E-state index contributed by atoms with van der Waals surface area (Å²) in [4.78, 5) is 23.6. The highest BCUT2D eigenvalue weighted by Crippen LogP contribution is 2.47. The van der Waals surface area contributed by atoms with Crippen LogP contribution in [-0.4, -0.2) is 41.2 Å². The summed E-state index contributed by atoms with van der Waals surface area (Å²) >= 11 is 0. The number of pyridine rings is 1. The Kier molecular flexibility index (Phi) is 6.95. The molecule has 6 nitrogen and oxygen atoms in total. The van der Waals surface area contributed by atoms with E-state index in [-0.39, 0.29) is 24.4 Å². The molecule has 2 fully saturated rings. The zero-order valence-electron chi connectivity index (χ0n) is 19.3. The van der Waals surface area contributed by atoms with Gasteiger partial charge in [-0.3, -0.25) is 9.79 Å². The number of aryl methyl sites for hydroxylation is 1. The number of halogens is 3. The average Bonchev–Trinajstić information content (AvgIpc) is 3.60. The highest BCUT2D eigenvalue weighted by atomic mass is 19.4. The van der Waals surface area contributed by atoms with Crippen molar-refractivity contribution in [3.63, 3.8) is 0 Å². The Balaban J connectivity index is 1.53. The molecular formula is C26H27F3N4O2. The van der Waals surface area contributed by atoms with Gasteiger partial charge in [-0.2, -0.15) is 13.2 Å². The number of nitrogens with zero attached hydrogens (tertiary/aromatic N) is 3. The SMILES string of the molecule is C=C(N=C/C=C\N)c1ccc(C)cc1C(=O)N1C[C@@H]2C[C@@H]2C[C@H]1COc1ccc(C(F)(F)F)cn1. The van der Waals surface area contributed by atoms with Crippen molar-refractivity contribution in [3.05, 3.63) is 77.6 Å². The van der Waals surface area contributed by atoms with E-state index in [1.54, 1.807) is 6.08 Å². The topological polar surface area (TPSA) is 80.8 Å². The lowest BCUT2D eigenvalue weighted by molar-refractivity contribution is -0.137. The number of amides is 1. The standard InChI is InChI=1S/C26H27F3N4O2/c1-16-4-6-22(17(2)31-9-3-8-30)23(10-16)25(34)33-14-19-11-18(19)12-21(33)15-35-24-7-5-20(13-32-24)26(27,28)29/h3-10,13,18-19,21H,2,11-12,14-15,30H2,1H3/b8-3-,31-9?/t18-,19+,21+/m1/s1. The second kappa shape index (κ2) is 9.93. The Hall–Kier alpha value is -3.62. The van der Waals surface area contributed by atoms with Gasteiger partial charge in [0, 0.05) is 36.1 Å². The quantitative estimate of drug-likeness (QED) is 0.570. The largest absolute Gasteiger partial charge is 0.475 e. The average molecular weight is 485 g/mol.